The Morgan fingerprint density at radius 3 is 2.79 bits per heavy atom. The fraction of sp³-hybridized carbons (Fsp3) is 0.350. The molecule has 0 bridgehead atoms. The number of phenolic OH excluding ortho intramolecular Hbond substituents is 1. The number of carbonyl (C=O) groups is 1. The van der Waals surface area contributed by atoms with Gasteiger partial charge in [0.05, 0.1) is 5.69 Å². The quantitative estimate of drug-likeness (QED) is 0.909. The number of amides is 1. The minimum atomic E-state index is -0.527. The molecular weight excluding hydrogens is 302 g/mol. The van der Waals surface area contributed by atoms with Crippen molar-refractivity contribution in [3.63, 3.8) is 0 Å². The topological polar surface area (TPSA) is 49.8 Å². The Balaban J connectivity index is 1.89. The molecular formula is C20H23NO3. The van der Waals surface area contributed by atoms with Gasteiger partial charge in [-0.2, -0.15) is 0 Å². The van der Waals surface area contributed by atoms with Crippen molar-refractivity contribution in [3.8, 4) is 11.5 Å². The molecule has 1 unspecified atom stereocenters. The van der Waals surface area contributed by atoms with E-state index < -0.39 is 6.10 Å². The van der Waals surface area contributed by atoms with Crippen LogP contribution in [0.25, 0.3) is 0 Å². The van der Waals surface area contributed by atoms with E-state index in [4.69, 9.17) is 4.74 Å². The van der Waals surface area contributed by atoms with Crippen molar-refractivity contribution in [3.05, 3.63) is 53.6 Å². The van der Waals surface area contributed by atoms with E-state index in [9.17, 15) is 9.90 Å². The molecule has 2 aromatic rings. The van der Waals surface area contributed by atoms with Crippen molar-refractivity contribution in [1.29, 1.82) is 0 Å². The second kappa shape index (κ2) is 6.95. The Labute approximate surface area is 142 Å². The van der Waals surface area contributed by atoms with Crippen molar-refractivity contribution in [2.45, 2.75) is 39.2 Å². The third-order valence-corrected chi connectivity index (χ3v) is 4.28. The summed E-state index contributed by atoms with van der Waals surface area (Å²) in [4.78, 5) is 14.7. The molecule has 0 aromatic heterocycles. The standard InChI is InChI=1S/C20H23NO3/c1-3-4-10-21-17-13-16(22)8-9-18(17)24-19(20(21)23)12-15-7-5-6-14(2)11-15/h5-9,11,13,19,22H,3-4,10,12H2,1-2H3. The highest BCUT2D eigenvalue weighted by molar-refractivity contribution is 6.00. The maximum Gasteiger partial charge on any atom is 0.268 e. The van der Waals surface area contributed by atoms with Crippen LogP contribution >= 0.6 is 0 Å². The van der Waals surface area contributed by atoms with Crippen molar-refractivity contribution in [2.75, 3.05) is 11.4 Å². The summed E-state index contributed by atoms with van der Waals surface area (Å²) >= 11 is 0. The van der Waals surface area contributed by atoms with Crippen LogP contribution in [0, 0.1) is 6.92 Å². The fourth-order valence-corrected chi connectivity index (χ4v) is 3.04. The van der Waals surface area contributed by atoms with E-state index in [-0.39, 0.29) is 11.7 Å². The van der Waals surface area contributed by atoms with Gasteiger partial charge in [-0.05, 0) is 31.0 Å². The zero-order valence-corrected chi connectivity index (χ0v) is 14.2. The van der Waals surface area contributed by atoms with Gasteiger partial charge in [0.2, 0.25) is 0 Å². The molecule has 2 aromatic carbocycles. The van der Waals surface area contributed by atoms with Gasteiger partial charge >= 0.3 is 0 Å². The molecule has 0 radical (unpaired) electrons. The van der Waals surface area contributed by atoms with Gasteiger partial charge in [0.25, 0.3) is 5.91 Å². The van der Waals surface area contributed by atoms with Gasteiger partial charge in [0, 0.05) is 19.0 Å². The van der Waals surface area contributed by atoms with Crippen molar-refractivity contribution < 1.29 is 14.6 Å². The van der Waals surface area contributed by atoms with E-state index in [1.165, 1.54) is 5.56 Å². The van der Waals surface area contributed by atoms with E-state index in [1.807, 2.05) is 25.1 Å². The summed E-state index contributed by atoms with van der Waals surface area (Å²) in [5.41, 5.74) is 2.92. The SMILES string of the molecule is CCCCN1C(=O)C(Cc2cccc(C)c2)Oc2ccc(O)cc21. The number of unbranched alkanes of at least 4 members (excludes halogenated alkanes) is 1. The van der Waals surface area contributed by atoms with Crippen molar-refractivity contribution in [2.24, 2.45) is 0 Å². The number of nitrogens with zero attached hydrogens (tertiary/aromatic N) is 1. The number of carbonyl (C=O) groups excluding carboxylic acids is 1. The maximum atomic E-state index is 12.9. The van der Waals surface area contributed by atoms with Crippen LogP contribution < -0.4 is 9.64 Å². The molecule has 3 rings (SSSR count). The lowest BCUT2D eigenvalue weighted by atomic mass is 10.0. The molecule has 1 aliphatic heterocycles. The van der Waals surface area contributed by atoms with E-state index >= 15 is 0 Å². The normalized spacial score (nSPS) is 16.7. The van der Waals surface area contributed by atoms with Crippen LogP contribution in [-0.2, 0) is 11.2 Å². The summed E-state index contributed by atoms with van der Waals surface area (Å²) in [6.45, 7) is 4.77. The van der Waals surface area contributed by atoms with Gasteiger partial charge in [-0.1, -0.05) is 43.2 Å². The van der Waals surface area contributed by atoms with Gasteiger partial charge in [-0.3, -0.25) is 4.79 Å². The fourth-order valence-electron chi connectivity index (χ4n) is 3.04. The van der Waals surface area contributed by atoms with Crippen LogP contribution in [0.5, 0.6) is 11.5 Å². The number of hydrogen-bond acceptors (Lipinski definition) is 3. The first kappa shape index (κ1) is 16.4. The Kier molecular flexibility index (Phi) is 4.74. The average molecular weight is 325 g/mol. The minimum Gasteiger partial charge on any atom is -0.508 e. The average Bonchev–Trinajstić information content (AvgIpc) is 2.55. The number of rotatable bonds is 5. The van der Waals surface area contributed by atoms with Crippen LogP contribution in [0.2, 0.25) is 0 Å². The molecule has 1 atom stereocenters. The molecule has 0 aliphatic carbocycles. The van der Waals surface area contributed by atoms with Gasteiger partial charge in [0.1, 0.15) is 11.5 Å². The third kappa shape index (κ3) is 3.37. The molecule has 4 nitrogen and oxygen atoms in total. The largest absolute Gasteiger partial charge is 0.508 e. The number of aryl methyl sites for hydroxylation is 1. The number of anilines is 1. The van der Waals surface area contributed by atoms with Crippen LogP contribution in [0.15, 0.2) is 42.5 Å². The molecule has 126 valence electrons. The van der Waals surface area contributed by atoms with Crippen molar-refractivity contribution >= 4 is 11.6 Å². The smallest absolute Gasteiger partial charge is 0.268 e. The summed E-state index contributed by atoms with van der Waals surface area (Å²) in [6.07, 6.45) is 1.93. The maximum absolute atomic E-state index is 12.9. The molecule has 24 heavy (non-hydrogen) atoms. The second-order valence-electron chi connectivity index (χ2n) is 6.30. The lowest BCUT2D eigenvalue weighted by Crippen LogP contribution is -2.47. The van der Waals surface area contributed by atoms with Crippen LogP contribution in [0.4, 0.5) is 5.69 Å². The number of ether oxygens (including phenoxy) is 1. The summed E-state index contributed by atoms with van der Waals surface area (Å²) in [5, 5.41) is 9.76. The first-order valence-corrected chi connectivity index (χ1v) is 8.45. The number of aromatic hydroxyl groups is 1. The summed E-state index contributed by atoms with van der Waals surface area (Å²) in [5.74, 6) is 0.757. The first-order chi connectivity index (χ1) is 11.6. The molecule has 4 heteroatoms. The highest BCUT2D eigenvalue weighted by Crippen LogP contribution is 2.37. The number of benzene rings is 2. The van der Waals surface area contributed by atoms with Gasteiger partial charge in [0.15, 0.2) is 6.10 Å². The monoisotopic (exact) mass is 325 g/mol. The van der Waals surface area contributed by atoms with E-state index in [0.29, 0.717) is 24.4 Å². The molecule has 0 saturated carbocycles. The Morgan fingerprint density at radius 2 is 2.04 bits per heavy atom. The molecule has 0 saturated heterocycles. The third-order valence-electron chi connectivity index (χ3n) is 4.28. The van der Waals surface area contributed by atoms with E-state index in [0.717, 1.165) is 18.4 Å². The van der Waals surface area contributed by atoms with E-state index in [1.54, 1.807) is 23.1 Å². The van der Waals surface area contributed by atoms with Gasteiger partial charge in [-0.15, -0.1) is 0 Å². The Hall–Kier alpha value is -2.49. The highest BCUT2D eigenvalue weighted by atomic mass is 16.5. The Morgan fingerprint density at radius 1 is 1.21 bits per heavy atom. The van der Waals surface area contributed by atoms with Crippen molar-refractivity contribution in [1.82, 2.24) is 0 Å². The summed E-state index contributed by atoms with van der Waals surface area (Å²) < 4.78 is 5.95. The number of fused-ring (bicyclic) bond motifs is 1. The molecule has 0 fully saturated rings. The zero-order valence-electron chi connectivity index (χ0n) is 14.2. The van der Waals surface area contributed by atoms with Crippen LogP contribution in [-0.4, -0.2) is 23.7 Å². The first-order valence-electron chi connectivity index (χ1n) is 8.45. The highest BCUT2D eigenvalue weighted by Gasteiger charge is 2.34. The van der Waals surface area contributed by atoms with Crippen LogP contribution in [0.3, 0.4) is 0 Å². The second-order valence-corrected chi connectivity index (χ2v) is 6.30. The number of hydrogen-bond donors (Lipinski definition) is 1. The molecule has 1 amide bonds. The predicted octanol–water partition coefficient (Wildman–Crippen LogP) is 3.84. The molecule has 1 heterocycles. The van der Waals surface area contributed by atoms with Gasteiger partial charge in [-0.25, -0.2) is 0 Å². The molecule has 1 aliphatic rings. The lowest BCUT2D eigenvalue weighted by molar-refractivity contribution is -0.126. The van der Waals surface area contributed by atoms with E-state index in [2.05, 4.69) is 13.0 Å². The lowest BCUT2D eigenvalue weighted by Gasteiger charge is -2.34. The van der Waals surface area contributed by atoms with Gasteiger partial charge < -0.3 is 14.7 Å². The molecule has 1 N–H and O–H groups in total. The number of phenols is 1. The summed E-state index contributed by atoms with van der Waals surface area (Å²) in [6, 6.07) is 13.1. The van der Waals surface area contributed by atoms with Crippen LogP contribution in [0.1, 0.15) is 30.9 Å². The zero-order chi connectivity index (χ0) is 17.1. The Bertz CT molecular complexity index is 741. The summed E-state index contributed by atoms with van der Waals surface area (Å²) in [7, 11) is 0. The molecule has 0 spiro atoms. The predicted molar refractivity (Wildman–Crippen MR) is 94.7 cm³/mol. The minimum absolute atomic E-state index is 0.0388.